The lowest BCUT2D eigenvalue weighted by Crippen LogP contribution is -2.56. The van der Waals surface area contributed by atoms with Gasteiger partial charge in [0, 0.05) is 17.1 Å². The van der Waals surface area contributed by atoms with Gasteiger partial charge in [0.25, 0.3) is 11.8 Å². The molecule has 0 spiro atoms. The molecule has 0 bridgehead atoms. The van der Waals surface area contributed by atoms with Gasteiger partial charge in [-0.1, -0.05) is 48.5 Å². The maximum Gasteiger partial charge on any atom is 0.412 e. The molecule has 0 aromatic heterocycles. The number of carbonyl (C=O) groups is 5. The molecule has 4 aromatic rings. The monoisotopic (exact) mass is 734 g/mol. The minimum Gasteiger partial charge on any atom is -0.444 e. The third-order valence-corrected chi connectivity index (χ3v) is 7.87. The van der Waals surface area contributed by atoms with Crippen LogP contribution in [0.25, 0.3) is 0 Å². The first-order valence-corrected chi connectivity index (χ1v) is 17.5. The van der Waals surface area contributed by atoms with Crippen LogP contribution >= 0.6 is 0 Å². The predicted octanol–water partition coefficient (Wildman–Crippen LogP) is 7.96. The first-order chi connectivity index (χ1) is 25.4. The summed E-state index contributed by atoms with van der Waals surface area (Å²) in [5, 5.41) is 10.8. The highest BCUT2D eigenvalue weighted by Crippen LogP contribution is 2.36. The van der Waals surface area contributed by atoms with Crippen LogP contribution in [0.2, 0.25) is 0 Å². The van der Waals surface area contributed by atoms with Gasteiger partial charge >= 0.3 is 18.2 Å². The van der Waals surface area contributed by atoms with Gasteiger partial charge in [-0.2, -0.15) is 0 Å². The van der Waals surface area contributed by atoms with Crippen molar-refractivity contribution in [3.8, 4) is 0 Å². The molecule has 0 atom stereocenters. The molecule has 0 saturated carbocycles. The lowest BCUT2D eigenvalue weighted by atomic mass is 10.1. The van der Waals surface area contributed by atoms with Crippen LogP contribution < -0.4 is 31.1 Å². The van der Waals surface area contributed by atoms with E-state index in [9.17, 15) is 24.0 Å². The molecule has 1 heterocycles. The molecule has 4 aromatic carbocycles. The van der Waals surface area contributed by atoms with Crippen LogP contribution in [0.15, 0.2) is 97.1 Å². The summed E-state index contributed by atoms with van der Waals surface area (Å²) in [6.45, 7) is 12.4. The number of hydrogen-bond acceptors (Lipinski definition) is 7. The largest absolute Gasteiger partial charge is 0.444 e. The highest BCUT2D eigenvalue weighted by Gasteiger charge is 2.41. The number of ether oxygens (including phenoxy) is 2. The van der Waals surface area contributed by atoms with Gasteiger partial charge in [0.15, 0.2) is 6.04 Å². The number of hydrogen-bond donors (Lipinski definition) is 4. The van der Waals surface area contributed by atoms with E-state index in [4.69, 9.17) is 9.47 Å². The average molecular weight is 735 g/mol. The van der Waals surface area contributed by atoms with Crippen LogP contribution in [0.4, 0.5) is 42.8 Å². The lowest BCUT2D eigenvalue weighted by Gasteiger charge is -2.26. The van der Waals surface area contributed by atoms with Crippen molar-refractivity contribution in [2.24, 2.45) is 0 Å². The zero-order valence-corrected chi connectivity index (χ0v) is 31.5. The standard InChI is InChI=1S/C41H46N6O7/c1-26-13-10-16-29(21-26)42-37(50)45-34-35(48)46(24-27-14-11-17-30(22-27)43-38(51)53-40(2,3)4)32-19-8-9-20-33(32)47(36(34)49)25-28-15-12-18-31(23-28)44-39(52)54-41(5,6)7/h8-23,34H,24-25H2,1-7H3,(H,43,51)(H,44,52)(H2,42,45,50). The number of aryl methyl sites for hydroxylation is 1. The summed E-state index contributed by atoms with van der Waals surface area (Å²) in [4.78, 5) is 70.5. The summed E-state index contributed by atoms with van der Waals surface area (Å²) < 4.78 is 10.8. The Labute approximate surface area is 315 Å². The Bertz CT molecular complexity index is 1940. The molecule has 1 aliphatic rings. The molecule has 0 fully saturated rings. The average Bonchev–Trinajstić information content (AvgIpc) is 3.13. The fourth-order valence-electron chi connectivity index (χ4n) is 5.75. The van der Waals surface area contributed by atoms with Crippen molar-refractivity contribution < 1.29 is 33.4 Å². The second kappa shape index (κ2) is 16.1. The van der Waals surface area contributed by atoms with E-state index >= 15 is 0 Å². The molecule has 0 radical (unpaired) electrons. The van der Waals surface area contributed by atoms with Crippen molar-refractivity contribution in [3.05, 3.63) is 114 Å². The number of amides is 6. The molecule has 0 unspecified atom stereocenters. The number of carbonyl (C=O) groups excluding carboxylic acids is 5. The van der Waals surface area contributed by atoms with Crippen LogP contribution in [0.1, 0.15) is 58.2 Å². The number of para-hydroxylation sites is 2. The van der Waals surface area contributed by atoms with Crippen molar-refractivity contribution in [1.29, 1.82) is 0 Å². The molecule has 6 amide bonds. The summed E-state index contributed by atoms with van der Waals surface area (Å²) in [7, 11) is 0. The van der Waals surface area contributed by atoms with Gasteiger partial charge in [-0.3, -0.25) is 20.2 Å². The van der Waals surface area contributed by atoms with Crippen LogP contribution in [-0.4, -0.2) is 47.3 Å². The molecule has 13 heteroatoms. The third kappa shape index (κ3) is 10.6. The number of nitrogens with zero attached hydrogens (tertiary/aromatic N) is 2. The van der Waals surface area contributed by atoms with E-state index in [0.717, 1.165) is 5.56 Å². The van der Waals surface area contributed by atoms with Crippen LogP contribution in [0.3, 0.4) is 0 Å². The van der Waals surface area contributed by atoms with Gasteiger partial charge in [0.05, 0.1) is 24.5 Å². The van der Waals surface area contributed by atoms with E-state index in [1.54, 1.807) is 133 Å². The SMILES string of the molecule is Cc1cccc(NC(=O)NC2C(=O)N(Cc3cccc(NC(=O)OC(C)(C)C)c3)c3ccccc3N(Cc3cccc(NC(=O)OC(C)(C)C)c3)C2=O)c1. The van der Waals surface area contributed by atoms with Gasteiger partial charge in [0.2, 0.25) is 0 Å². The fraction of sp³-hybridized carbons (Fsp3) is 0.293. The number of benzene rings is 4. The Morgan fingerprint density at radius 1 is 0.593 bits per heavy atom. The molecule has 5 rings (SSSR count). The molecule has 0 aliphatic carbocycles. The van der Waals surface area contributed by atoms with Crippen LogP contribution in [0, 0.1) is 6.92 Å². The molecular formula is C41H46N6O7. The number of rotatable bonds is 8. The Morgan fingerprint density at radius 2 is 1.02 bits per heavy atom. The van der Waals surface area contributed by atoms with Crippen LogP contribution in [-0.2, 0) is 32.2 Å². The molecule has 13 nitrogen and oxygen atoms in total. The van der Waals surface area contributed by atoms with Crippen molar-refractivity contribution in [2.75, 3.05) is 25.8 Å². The van der Waals surface area contributed by atoms with Crippen molar-refractivity contribution >= 4 is 58.5 Å². The first kappa shape index (κ1) is 38.9. The molecule has 4 N–H and O–H groups in total. The summed E-state index contributed by atoms with van der Waals surface area (Å²) in [6, 6.07) is 25.6. The van der Waals surface area contributed by atoms with E-state index in [-0.39, 0.29) is 13.1 Å². The van der Waals surface area contributed by atoms with Crippen LogP contribution in [0.5, 0.6) is 0 Å². The third-order valence-electron chi connectivity index (χ3n) is 7.87. The zero-order valence-electron chi connectivity index (χ0n) is 31.5. The van der Waals surface area contributed by atoms with Gasteiger partial charge in [0.1, 0.15) is 11.2 Å². The van der Waals surface area contributed by atoms with Crippen molar-refractivity contribution in [1.82, 2.24) is 5.32 Å². The number of urea groups is 1. The van der Waals surface area contributed by atoms with Crippen molar-refractivity contribution in [2.45, 2.75) is 78.8 Å². The predicted molar refractivity (Wildman–Crippen MR) is 209 cm³/mol. The van der Waals surface area contributed by atoms with E-state index in [1.807, 2.05) is 13.0 Å². The van der Waals surface area contributed by atoms with Crippen molar-refractivity contribution in [3.63, 3.8) is 0 Å². The van der Waals surface area contributed by atoms with Gasteiger partial charge in [-0.15, -0.1) is 0 Å². The molecule has 282 valence electrons. The quantitative estimate of drug-likeness (QED) is 0.134. The fourth-order valence-corrected chi connectivity index (χ4v) is 5.75. The van der Waals surface area contributed by atoms with E-state index < -0.39 is 47.3 Å². The summed E-state index contributed by atoms with van der Waals surface area (Å²) in [5.74, 6) is -1.33. The Kier molecular flexibility index (Phi) is 11.6. The highest BCUT2D eigenvalue weighted by atomic mass is 16.6. The minimum absolute atomic E-state index is 0.00617. The number of fused-ring (bicyclic) bond motifs is 1. The van der Waals surface area contributed by atoms with E-state index in [2.05, 4.69) is 21.3 Å². The number of nitrogens with one attached hydrogen (secondary N) is 4. The first-order valence-electron chi connectivity index (χ1n) is 17.5. The minimum atomic E-state index is -1.63. The molecule has 54 heavy (non-hydrogen) atoms. The second-order valence-corrected chi connectivity index (χ2v) is 14.9. The zero-order chi connectivity index (χ0) is 39.2. The summed E-state index contributed by atoms with van der Waals surface area (Å²) in [5.41, 5.74) is 3.01. The smallest absolute Gasteiger partial charge is 0.412 e. The molecule has 1 aliphatic heterocycles. The number of anilines is 5. The Hall–Kier alpha value is -6.37. The van der Waals surface area contributed by atoms with Gasteiger partial charge in [-0.25, -0.2) is 14.4 Å². The topological polar surface area (TPSA) is 158 Å². The Morgan fingerprint density at radius 3 is 1.44 bits per heavy atom. The lowest BCUT2D eigenvalue weighted by molar-refractivity contribution is -0.129. The van der Waals surface area contributed by atoms with Gasteiger partial charge < -0.3 is 29.9 Å². The highest BCUT2D eigenvalue weighted by molar-refractivity contribution is 6.21. The maximum atomic E-state index is 14.6. The maximum absolute atomic E-state index is 14.6. The van der Waals surface area contributed by atoms with Gasteiger partial charge in [-0.05, 0) is 114 Å². The van der Waals surface area contributed by atoms with E-state index in [0.29, 0.717) is 39.6 Å². The molecule has 0 saturated heterocycles. The second-order valence-electron chi connectivity index (χ2n) is 14.9. The normalized spacial score (nSPS) is 13.4. The molecular weight excluding hydrogens is 688 g/mol. The summed E-state index contributed by atoms with van der Waals surface area (Å²) >= 11 is 0. The van der Waals surface area contributed by atoms with E-state index in [1.165, 1.54) is 9.80 Å². The summed E-state index contributed by atoms with van der Waals surface area (Å²) in [6.07, 6.45) is -1.27. The Balaban J connectivity index is 1.50.